The lowest BCUT2D eigenvalue weighted by Gasteiger charge is -2.19. The van der Waals surface area contributed by atoms with E-state index < -0.39 is 0 Å². The summed E-state index contributed by atoms with van der Waals surface area (Å²) < 4.78 is 5.81. The molecule has 0 saturated heterocycles. The van der Waals surface area contributed by atoms with Crippen molar-refractivity contribution in [2.45, 2.75) is 33.2 Å². The highest BCUT2D eigenvalue weighted by Crippen LogP contribution is 2.27. The van der Waals surface area contributed by atoms with Gasteiger partial charge in [0.1, 0.15) is 11.3 Å². The van der Waals surface area contributed by atoms with Gasteiger partial charge < -0.3 is 9.32 Å². The van der Waals surface area contributed by atoms with Gasteiger partial charge >= 0.3 is 0 Å². The lowest BCUT2D eigenvalue weighted by molar-refractivity contribution is -0.126. The second-order valence-corrected chi connectivity index (χ2v) is 5.16. The largest absolute Gasteiger partial charge is 0.460 e. The fourth-order valence-corrected chi connectivity index (χ4v) is 2.09. The van der Waals surface area contributed by atoms with Gasteiger partial charge in [-0.1, -0.05) is 25.1 Å². The van der Waals surface area contributed by atoms with Gasteiger partial charge in [-0.2, -0.15) is 0 Å². The van der Waals surface area contributed by atoms with E-state index in [-0.39, 0.29) is 11.9 Å². The Kier molecular flexibility index (Phi) is 4.28. The molecule has 20 heavy (non-hydrogen) atoms. The normalized spacial score (nSPS) is 11.7. The standard InChI is InChI=1S/C17H21NO2/c1-5-15-14(10-11-17(19)18(4)12(2)3)13-8-6-7-9-16(13)20-15/h6-12H,5H2,1-4H3. The SMILES string of the molecule is CCc1oc2ccccc2c1C=CC(=O)N(C)C(C)C. The van der Waals surface area contributed by atoms with Gasteiger partial charge in [0.05, 0.1) is 0 Å². The van der Waals surface area contributed by atoms with Crippen LogP contribution in [0.25, 0.3) is 17.0 Å². The number of carbonyl (C=O) groups excluding carboxylic acids is 1. The molecule has 3 heteroatoms. The van der Waals surface area contributed by atoms with Crippen LogP contribution in [0.3, 0.4) is 0 Å². The van der Waals surface area contributed by atoms with E-state index in [0.717, 1.165) is 28.7 Å². The summed E-state index contributed by atoms with van der Waals surface area (Å²) in [5, 5.41) is 1.06. The van der Waals surface area contributed by atoms with Crippen LogP contribution in [0.4, 0.5) is 0 Å². The summed E-state index contributed by atoms with van der Waals surface area (Å²) in [7, 11) is 1.81. The van der Waals surface area contributed by atoms with Crippen molar-refractivity contribution < 1.29 is 9.21 Å². The van der Waals surface area contributed by atoms with Crippen molar-refractivity contribution >= 4 is 23.0 Å². The average molecular weight is 271 g/mol. The molecule has 0 N–H and O–H groups in total. The molecule has 0 spiro atoms. The maximum atomic E-state index is 12.0. The van der Waals surface area contributed by atoms with Crippen molar-refractivity contribution in [2.24, 2.45) is 0 Å². The zero-order chi connectivity index (χ0) is 14.7. The van der Waals surface area contributed by atoms with E-state index >= 15 is 0 Å². The molecule has 0 radical (unpaired) electrons. The van der Waals surface area contributed by atoms with Crippen LogP contribution in [0.5, 0.6) is 0 Å². The summed E-state index contributed by atoms with van der Waals surface area (Å²) >= 11 is 0. The van der Waals surface area contributed by atoms with Gasteiger partial charge in [-0.05, 0) is 26.0 Å². The molecule has 1 amide bonds. The Labute approximate surface area is 119 Å². The minimum absolute atomic E-state index is 0.00679. The Morgan fingerprint density at radius 3 is 2.70 bits per heavy atom. The molecule has 0 aliphatic rings. The number of para-hydroxylation sites is 1. The number of rotatable bonds is 4. The smallest absolute Gasteiger partial charge is 0.246 e. The predicted molar refractivity (Wildman–Crippen MR) is 82.5 cm³/mol. The van der Waals surface area contributed by atoms with Gasteiger partial charge in [0, 0.05) is 36.5 Å². The number of furan rings is 1. The summed E-state index contributed by atoms with van der Waals surface area (Å²) in [4.78, 5) is 13.7. The highest BCUT2D eigenvalue weighted by atomic mass is 16.3. The molecule has 0 aliphatic heterocycles. The Bertz CT molecular complexity index is 637. The molecular formula is C17H21NO2. The number of amides is 1. The highest BCUT2D eigenvalue weighted by Gasteiger charge is 2.12. The van der Waals surface area contributed by atoms with Crippen LogP contribution in [-0.2, 0) is 11.2 Å². The van der Waals surface area contributed by atoms with Crippen molar-refractivity contribution in [3.05, 3.63) is 41.7 Å². The molecule has 0 saturated carbocycles. The molecule has 2 aromatic rings. The molecule has 1 aromatic heterocycles. The first kappa shape index (κ1) is 14.4. The summed E-state index contributed by atoms with van der Waals surface area (Å²) in [5.74, 6) is 0.926. The van der Waals surface area contributed by atoms with Crippen molar-refractivity contribution in [3.63, 3.8) is 0 Å². The van der Waals surface area contributed by atoms with Crippen LogP contribution in [0.1, 0.15) is 32.1 Å². The number of fused-ring (bicyclic) bond motifs is 1. The summed E-state index contributed by atoms with van der Waals surface area (Å²) in [6.45, 7) is 6.05. The fourth-order valence-electron chi connectivity index (χ4n) is 2.09. The lowest BCUT2D eigenvalue weighted by atomic mass is 10.1. The van der Waals surface area contributed by atoms with E-state index in [1.165, 1.54) is 0 Å². The van der Waals surface area contributed by atoms with Gasteiger partial charge in [-0.25, -0.2) is 0 Å². The molecule has 0 aliphatic carbocycles. The Hall–Kier alpha value is -2.03. The monoisotopic (exact) mass is 271 g/mol. The average Bonchev–Trinajstić information content (AvgIpc) is 2.81. The minimum atomic E-state index is 0.00679. The topological polar surface area (TPSA) is 33.5 Å². The van der Waals surface area contributed by atoms with Crippen molar-refractivity contribution in [1.82, 2.24) is 4.90 Å². The first-order valence-electron chi connectivity index (χ1n) is 6.99. The van der Waals surface area contributed by atoms with Crippen LogP contribution in [0.2, 0.25) is 0 Å². The third-order valence-electron chi connectivity index (χ3n) is 3.55. The number of hydrogen-bond donors (Lipinski definition) is 0. The van der Waals surface area contributed by atoms with Crippen LogP contribution >= 0.6 is 0 Å². The zero-order valence-corrected chi connectivity index (χ0v) is 12.5. The van der Waals surface area contributed by atoms with Crippen molar-refractivity contribution in [1.29, 1.82) is 0 Å². The number of hydrogen-bond acceptors (Lipinski definition) is 2. The summed E-state index contributed by atoms with van der Waals surface area (Å²) in [6, 6.07) is 8.11. The van der Waals surface area contributed by atoms with Gasteiger partial charge in [0.2, 0.25) is 5.91 Å². The van der Waals surface area contributed by atoms with Crippen LogP contribution < -0.4 is 0 Å². The molecule has 0 atom stereocenters. The molecule has 2 rings (SSSR count). The van der Waals surface area contributed by atoms with E-state index in [1.807, 2.05) is 51.2 Å². The Morgan fingerprint density at radius 1 is 1.35 bits per heavy atom. The van der Waals surface area contributed by atoms with Crippen LogP contribution in [-0.4, -0.2) is 23.9 Å². The molecule has 1 heterocycles. The van der Waals surface area contributed by atoms with E-state index in [2.05, 4.69) is 6.92 Å². The number of aryl methyl sites for hydroxylation is 1. The van der Waals surface area contributed by atoms with Crippen LogP contribution in [0.15, 0.2) is 34.8 Å². The lowest BCUT2D eigenvalue weighted by Crippen LogP contribution is -2.31. The van der Waals surface area contributed by atoms with Crippen LogP contribution in [0, 0.1) is 0 Å². The number of likely N-dealkylation sites (N-methyl/N-ethyl adjacent to an activating group) is 1. The minimum Gasteiger partial charge on any atom is -0.460 e. The third kappa shape index (κ3) is 2.77. The Balaban J connectivity index is 2.35. The van der Waals surface area contributed by atoms with Crippen molar-refractivity contribution in [2.75, 3.05) is 7.05 Å². The number of benzene rings is 1. The highest BCUT2D eigenvalue weighted by molar-refractivity contribution is 5.96. The summed E-state index contributed by atoms with van der Waals surface area (Å²) in [5.41, 5.74) is 1.88. The van der Waals surface area contributed by atoms with Gasteiger partial charge in [0.15, 0.2) is 0 Å². The second-order valence-electron chi connectivity index (χ2n) is 5.16. The van der Waals surface area contributed by atoms with E-state index in [4.69, 9.17) is 4.42 Å². The molecule has 0 unspecified atom stereocenters. The molecule has 106 valence electrons. The van der Waals surface area contributed by atoms with Gasteiger partial charge in [-0.15, -0.1) is 0 Å². The molecule has 0 bridgehead atoms. The van der Waals surface area contributed by atoms with E-state index in [9.17, 15) is 4.79 Å². The zero-order valence-electron chi connectivity index (χ0n) is 12.5. The second kappa shape index (κ2) is 5.95. The van der Waals surface area contributed by atoms with Gasteiger partial charge in [-0.3, -0.25) is 4.79 Å². The number of nitrogens with zero attached hydrogens (tertiary/aromatic N) is 1. The maximum absolute atomic E-state index is 12.0. The molecule has 1 aromatic carbocycles. The fraction of sp³-hybridized carbons (Fsp3) is 0.353. The third-order valence-corrected chi connectivity index (χ3v) is 3.55. The maximum Gasteiger partial charge on any atom is 0.246 e. The molecular weight excluding hydrogens is 250 g/mol. The Morgan fingerprint density at radius 2 is 2.05 bits per heavy atom. The number of carbonyl (C=O) groups is 1. The quantitative estimate of drug-likeness (QED) is 0.791. The first-order valence-corrected chi connectivity index (χ1v) is 6.99. The first-order chi connectivity index (χ1) is 9.54. The van der Waals surface area contributed by atoms with Gasteiger partial charge in [0.25, 0.3) is 0 Å². The molecule has 3 nitrogen and oxygen atoms in total. The van der Waals surface area contributed by atoms with E-state index in [1.54, 1.807) is 11.0 Å². The van der Waals surface area contributed by atoms with Crippen molar-refractivity contribution in [3.8, 4) is 0 Å². The van der Waals surface area contributed by atoms with E-state index in [0.29, 0.717) is 0 Å². The predicted octanol–water partition coefficient (Wildman–Crippen LogP) is 3.88. The molecule has 0 fully saturated rings. The summed E-state index contributed by atoms with van der Waals surface area (Å²) in [6.07, 6.45) is 4.30.